The van der Waals surface area contributed by atoms with Crippen molar-refractivity contribution in [1.29, 1.82) is 0 Å². The van der Waals surface area contributed by atoms with E-state index in [1.54, 1.807) is 13.8 Å². The molecule has 21 heavy (non-hydrogen) atoms. The minimum atomic E-state index is -3.53. The Kier molecular flexibility index (Phi) is 4.52. The van der Waals surface area contributed by atoms with Gasteiger partial charge in [0, 0.05) is 45.0 Å². The molecule has 0 aromatic carbocycles. The second kappa shape index (κ2) is 5.88. The molecule has 0 atom stereocenters. The van der Waals surface area contributed by atoms with Gasteiger partial charge in [0.1, 0.15) is 5.82 Å². The highest BCUT2D eigenvalue weighted by atomic mass is 32.2. The van der Waals surface area contributed by atoms with Gasteiger partial charge in [0.25, 0.3) is 0 Å². The second-order valence-electron chi connectivity index (χ2n) is 5.91. The van der Waals surface area contributed by atoms with Crippen LogP contribution >= 0.6 is 0 Å². The molecular formula is C13H22N4O3S. The fourth-order valence-corrected chi connectivity index (χ4v) is 3.86. The van der Waals surface area contributed by atoms with Crippen molar-refractivity contribution in [3.63, 3.8) is 0 Å². The predicted molar refractivity (Wildman–Crippen MR) is 80.1 cm³/mol. The molecule has 2 heterocycles. The van der Waals surface area contributed by atoms with Crippen molar-refractivity contribution in [2.45, 2.75) is 24.3 Å². The fraction of sp³-hybridized carbons (Fsp3) is 0.615. The highest BCUT2D eigenvalue weighted by molar-refractivity contribution is 7.89. The van der Waals surface area contributed by atoms with Crippen molar-refractivity contribution in [3.05, 3.63) is 18.3 Å². The first-order chi connectivity index (χ1) is 9.68. The molecule has 2 rings (SSSR count). The molecule has 0 aliphatic carbocycles. The first kappa shape index (κ1) is 16.2. The van der Waals surface area contributed by atoms with Gasteiger partial charge in [-0.05, 0) is 19.9 Å². The van der Waals surface area contributed by atoms with Crippen molar-refractivity contribution < 1.29 is 13.5 Å². The highest BCUT2D eigenvalue weighted by Gasteiger charge is 2.30. The molecule has 0 unspecified atom stereocenters. The van der Waals surface area contributed by atoms with E-state index < -0.39 is 15.6 Å². The summed E-state index contributed by atoms with van der Waals surface area (Å²) in [6.45, 7) is 6.03. The van der Waals surface area contributed by atoms with Gasteiger partial charge >= 0.3 is 0 Å². The second-order valence-corrected chi connectivity index (χ2v) is 7.85. The molecule has 1 saturated heterocycles. The van der Waals surface area contributed by atoms with Crippen LogP contribution in [0.4, 0.5) is 5.82 Å². The number of rotatable bonds is 4. The number of piperazine rings is 1. The quantitative estimate of drug-likeness (QED) is 0.794. The van der Waals surface area contributed by atoms with E-state index in [0.29, 0.717) is 32.7 Å². The zero-order chi connectivity index (χ0) is 15.7. The third-order valence-corrected chi connectivity index (χ3v) is 5.23. The van der Waals surface area contributed by atoms with Gasteiger partial charge in [-0.3, -0.25) is 4.90 Å². The van der Waals surface area contributed by atoms with Crippen LogP contribution in [0.3, 0.4) is 0 Å². The van der Waals surface area contributed by atoms with Gasteiger partial charge in [-0.15, -0.1) is 0 Å². The van der Waals surface area contributed by atoms with Crippen LogP contribution in [0.25, 0.3) is 0 Å². The Labute approximate surface area is 125 Å². The van der Waals surface area contributed by atoms with Crippen molar-refractivity contribution in [3.8, 4) is 0 Å². The lowest BCUT2D eigenvalue weighted by atomic mass is 10.1. The molecule has 0 bridgehead atoms. The number of β-amino-alcohol motifs (C(OH)–C–C–N with tert-alkyl or cyclic N) is 1. The maximum atomic E-state index is 12.5. The van der Waals surface area contributed by atoms with E-state index in [0.717, 1.165) is 0 Å². The maximum Gasteiger partial charge on any atom is 0.243 e. The summed E-state index contributed by atoms with van der Waals surface area (Å²) in [5, 5.41) is 9.81. The highest BCUT2D eigenvalue weighted by Crippen LogP contribution is 2.19. The smallest absolute Gasteiger partial charge is 0.243 e. The number of pyridine rings is 1. The largest absolute Gasteiger partial charge is 0.389 e. The first-order valence-corrected chi connectivity index (χ1v) is 8.29. The zero-order valence-corrected chi connectivity index (χ0v) is 13.2. The lowest BCUT2D eigenvalue weighted by Gasteiger charge is -2.36. The lowest BCUT2D eigenvalue weighted by molar-refractivity contribution is 0.0263. The Balaban J connectivity index is 2.05. The minimum absolute atomic E-state index is 0.172. The minimum Gasteiger partial charge on any atom is -0.389 e. The molecule has 7 nitrogen and oxygen atoms in total. The number of hydrogen-bond acceptors (Lipinski definition) is 6. The van der Waals surface area contributed by atoms with Crippen molar-refractivity contribution in [2.24, 2.45) is 0 Å². The van der Waals surface area contributed by atoms with E-state index in [4.69, 9.17) is 5.73 Å². The van der Waals surface area contributed by atoms with Crippen LogP contribution < -0.4 is 5.73 Å². The number of aromatic nitrogens is 1. The molecule has 0 saturated carbocycles. The summed E-state index contributed by atoms with van der Waals surface area (Å²) >= 11 is 0. The Morgan fingerprint density at radius 1 is 1.33 bits per heavy atom. The number of sulfonamides is 1. The molecule has 1 aromatic heterocycles. The Morgan fingerprint density at radius 3 is 2.48 bits per heavy atom. The van der Waals surface area contributed by atoms with Gasteiger partial charge in [0.05, 0.1) is 10.5 Å². The topological polar surface area (TPSA) is 99.8 Å². The molecule has 1 aliphatic heterocycles. The third kappa shape index (κ3) is 4.13. The number of nitrogens with zero attached hydrogens (tertiary/aromatic N) is 3. The van der Waals surface area contributed by atoms with E-state index in [-0.39, 0.29) is 10.7 Å². The van der Waals surface area contributed by atoms with Gasteiger partial charge in [-0.1, -0.05) is 0 Å². The molecule has 1 aliphatic rings. The average molecular weight is 314 g/mol. The molecule has 0 radical (unpaired) electrons. The molecule has 1 fully saturated rings. The van der Waals surface area contributed by atoms with E-state index in [1.807, 2.05) is 0 Å². The number of nitrogen functional groups attached to an aromatic ring is 1. The van der Waals surface area contributed by atoms with E-state index in [9.17, 15) is 13.5 Å². The standard InChI is InChI=1S/C13H22N4O3S/c1-13(2,18)10-16-5-7-17(8-6-16)21(19,20)11-3-4-15-12(14)9-11/h3-4,9,18H,5-8,10H2,1-2H3,(H2,14,15). The number of hydrogen-bond donors (Lipinski definition) is 2. The lowest BCUT2D eigenvalue weighted by Crippen LogP contribution is -2.51. The number of aliphatic hydroxyl groups is 1. The fourth-order valence-electron chi connectivity index (χ4n) is 2.41. The summed E-state index contributed by atoms with van der Waals surface area (Å²) in [5.41, 5.74) is 4.77. The van der Waals surface area contributed by atoms with Crippen LogP contribution in [0.2, 0.25) is 0 Å². The van der Waals surface area contributed by atoms with Crippen LogP contribution in [-0.2, 0) is 10.0 Å². The van der Waals surface area contributed by atoms with E-state index in [2.05, 4.69) is 9.88 Å². The van der Waals surface area contributed by atoms with Crippen molar-refractivity contribution >= 4 is 15.8 Å². The van der Waals surface area contributed by atoms with Gasteiger partial charge in [-0.2, -0.15) is 4.31 Å². The summed E-state index contributed by atoms with van der Waals surface area (Å²) in [6.07, 6.45) is 1.40. The normalized spacial score (nSPS) is 18.8. The van der Waals surface area contributed by atoms with Crippen molar-refractivity contribution in [1.82, 2.24) is 14.2 Å². The van der Waals surface area contributed by atoms with Gasteiger partial charge in [-0.25, -0.2) is 13.4 Å². The molecule has 0 amide bonds. The summed E-state index contributed by atoms with van der Waals surface area (Å²) in [4.78, 5) is 6.04. The number of anilines is 1. The van der Waals surface area contributed by atoms with Gasteiger partial charge in [0.2, 0.25) is 10.0 Å². The van der Waals surface area contributed by atoms with Crippen LogP contribution in [-0.4, -0.2) is 66.0 Å². The maximum absolute atomic E-state index is 12.5. The summed E-state index contributed by atoms with van der Waals surface area (Å²) in [7, 11) is -3.53. The molecule has 118 valence electrons. The molecule has 1 aromatic rings. The SMILES string of the molecule is CC(C)(O)CN1CCN(S(=O)(=O)c2ccnc(N)c2)CC1. The van der Waals surface area contributed by atoms with Gasteiger partial charge < -0.3 is 10.8 Å². The summed E-state index contributed by atoms with van der Waals surface area (Å²) in [6, 6.07) is 2.83. The molecular weight excluding hydrogens is 292 g/mol. The molecule has 3 N–H and O–H groups in total. The third-order valence-electron chi connectivity index (χ3n) is 3.33. The van der Waals surface area contributed by atoms with Crippen LogP contribution in [0.1, 0.15) is 13.8 Å². The Morgan fingerprint density at radius 2 is 1.95 bits per heavy atom. The van der Waals surface area contributed by atoms with E-state index in [1.165, 1.54) is 22.6 Å². The van der Waals surface area contributed by atoms with Crippen LogP contribution in [0, 0.1) is 0 Å². The zero-order valence-electron chi connectivity index (χ0n) is 12.4. The predicted octanol–water partition coefficient (Wildman–Crippen LogP) is -0.259. The molecule has 0 spiro atoms. The Hall–Kier alpha value is -1.22. The average Bonchev–Trinajstić information content (AvgIpc) is 2.37. The molecule has 8 heteroatoms. The van der Waals surface area contributed by atoms with Gasteiger partial charge in [0.15, 0.2) is 0 Å². The Bertz CT molecular complexity index is 590. The number of nitrogens with two attached hydrogens (primary N) is 1. The van der Waals surface area contributed by atoms with E-state index >= 15 is 0 Å². The summed E-state index contributed by atoms with van der Waals surface area (Å²) in [5.74, 6) is 0.191. The monoisotopic (exact) mass is 314 g/mol. The van der Waals surface area contributed by atoms with Crippen molar-refractivity contribution in [2.75, 3.05) is 38.5 Å². The van der Waals surface area contributed by atoms with Crippen LogP contribution in [0.5, 0.6) is 0 Å². The van der Waals surface area contributed by atoms with Crippen LogP contribution in [0.15, 0.2) is 23.2 Å². The summed E-state index contributed by atoms with van der Waals surface area (Å²) < 4.78 is 26.5. The first-order valence-electron chi connectivity index (χ1n) is 6.85.